The second-order valence-electron chi connectivity index (χ2n) is 7.21. The molecule has 0 radical (unpaired) electrons. The molecular weight excluding hydrogens is 441 g/mol. The van der Waals surface area contributed by atoms with E-state index in [1.165, 1.54) is 24.8 Å². The Hall–Kier alpha value is -1.02. The van der Waals surface area contributed by atoms with Gasteiger partial charge in [-0.3, -0.25) is 4.99 Å². The summed E-state index contributed by atoms with van der Waals surface area (Å²) in [5.74, 6) is 2.64. The number of hydrogen-bond donors (Lipinski definition) is 1. The average molecular weight is 473 g/mol. The van der Waals surface area contributed by atoms with Crippen LogP contribution < -0.4 is 10.1 Å². The number of hydrogen-bond acceptors (Lipinski definition) is 3. The van der Waals surface area contributed by atoms with E-state index in [0.717, 1.165) is 44.5 Å². The predicted molar refractivity (Wildman–Crippen MR) is 117 cm³/mol. The Morgan fingerprint density at radius 2 is 2.08 bits per heavy atom. The molecule has 1 aromatic rings. The Morgan fingerprint density at radius 3 is 2.73 bits per heavy atom. The number of para-hydroxylation sites is 1. The van der Waals surface area contributed by atoms with E-state index in [2.05, 4.69) is 35.3 Å². The fourth-order valence-corrected chi connectivity index (χ4v) is 3.80. The Bertz CT molecular complexity index is 604. The van der Waals surface area contributed by atoms with Crippen LogP contribution in [-0.2, 0) is 10.2 Å². The summed E-state index contributed by atoms with van der Waals surface area (Å²) in [6.45, 7) is 6.77. The lowest BCUT2D eigenvalue weighted by molar-refractivity contribution is 0.157. The summed E-state index contributed by atoms with van der Waals surface area (Å²) in [6, 6.07) is 8.38. The van der Waals surface area contributed by atoms with Crippen LogP contribution in [0.1, 0.15) is 31.7 Å². The molecule has 0 spiro atoms. The first kappa shape index (κ1) is 21.3. The van der Waals surface area contributed by atoms with E-state index in [-0.39, 0.29) is 29.4 Å². The molecule has 1 aliphatic carbocycles. The van der Waals surface area contributed by atoms with Crippen LogP contribution in [0, 0.1) is 5.92 Å². The SMILES string of the molecule is CCNC(=NCC1(c2ccccc2OC)CC1)N1CCC(COC)C1.I. The van der Waals surface area contributed by atoms with Crippen LogP contribution in [0.15, 0.2) is 29.3 Å². The number of nitrogens with one attached hydrogen (secondary N) is 1. The highest BCUT2D eigenvalue weighted by molar-refractivity contribution is 14.0. The van der Waals surface area contributed by atoms with Gasteiger partial charge in [0, 0.05) is 43.6 Å². The first-order valence-electron chi connectivity index (χ1n) is 9.38. The maximum Gasteiger partial charge on any atom is 0.193 e. The molecule has 1 N–H and O–H groups in total. The summed E-state index contributed by atoms with van der Waals surface area (Å²) in [4.78, 5) is 7.39. The standard InChI is InChI=1S/C20H31N3O2.HI/c1-4-21-19(23-12-9-16(13-23)14-24-2)22-15-20(10-11-20)17-7-5-6-8-18(17)25-3;/h5-8,16H,4,9-15H2,1-3H3,(H,21,22);1H. The minimum Gasteiger partial charge on any atom is -0.496 e. The quantitative estimate of drug-likeness (QED) is 0.375. The molecule has 1 heterocycles. The summed E-state index contributed by atoms with van der Waals surface area (Å²) < 4.78 is 10.9. The van der Waals surface area contributed by atoms with Gasteiger partial charge in [0.25, 0.3) is 0 Å². The van der Waals surface area contributed by atoms with Gasteiger partial charge in [-0.25, -0.2) is 0 Å². The maximum atomic E-state index is 5.58. The second-order valence-corrected chi connectivity index (χ2v) is 7.21. The van der Waals surface area contributed by atoms with E-state index in [4.69, 9.17) is 14.5 Å². The highest BCUT2D eigenvalue weighted by atomic mass is 127. The molecular formula is C20H32IN3O2. The van der Waals surface area contributed by atoms with Crippen molar-refractivity contribution in [2.24, 2.45) is 10.9 Å². The van der Waals surface area contributed by atoms with Gasteiger partial charge in [-0.2, -0.15) is 0 Å². The fourth-order valence-electron chi connectivity index (χ4n) is 3.80. The topological polar surface area (TPSA) is 46.1 Å². The molecule has 0 amide bonds. The molecule has 2 aliphatic rings. The van der Waals surface area contributed by atoms with E-state index in [1.807, 2.05) is 6.07 Å². The van der Waals surface area contributed by atoms with Crippen LogP contribution in [0.25, 0.3) is 0 Å². The highest BCUT2D eigenvalue weighted by Gasteiger charge is 2.46. The number of methoxy groups -OCH3 is 2. The molecule has 0 aromatic heterocycles. The summed E-state index contributed by atoms with van der Waals surface area (Å²) in [5.41, 5.74) is 1.45. The molecule has 3 rings (SSSR count). The van der Waals surface area contributed by atoms with Gasteiger partial charge < -0.3 is 19.7 Å². The van der Waals surface area contributed by atoms with Gasteiger partial charge in [0.2, 0.25) is 0 Å². The lowest BCUT2D eigenvalue weighted by Crippen LogP contribution is -2.40. The minimum atomic E-state index is 0. The zero-order valence-corrected chi connectivity index (χ0v) is 18.5. The molecule has 146 valence electrons. The molecule has 1 aromatic carbocycles. The summed E-state index contributed by atoms with van der Waals surface area (Å²) in [5, 5.41) is 3.47. The maximum absolute atomic E-state index is 5.58. The molecule has 1 saturated carbocycles. The number of guanidine groups is 1. The molecule has 0 bridgehead atoms. The number of rotatable bonds is 7. The number of ether oxygens (including phenoxy) is 2. The molecule has 26 heavy (non-hydrogen) atoms. The van der Waals surface area contributed by atoms with Crippen LogP contribution in [0.2, 0.25) is 0 Å². The van der Waals surface area contributed by atoms with Crippen molar-refractivity contribution >= 4 is 29.9 Å². The van der Waals surface area contributed by atoms with Gasteiger partial charge in [-0.15, -0.1) is 24.0 Å². The Balaban J connectivity index is 0.00000243. The first-order chi connectivity index (χ1) is 12.2. The summed E-state index contributed by atoms with van der Waals surface area (Å²) in [6.07, 6.45) is 3.54. The van der Waals surface area contributed by atoms with E-state index in [9.17, 15) is 0 Å². The van der Waals surface area contributed by atoms with Crippen molar-refractivity contribution in [2.45, 2.75) is 31.6 Å². The third kappa shape index (κ3) is 4.82. The lowest BCUT2D eigenvalue weighted by Gasteiger charge is -2.23. The number of benzene rings is 1. The van der Waals surface area contributed by atoms with E-state index < -0.39 is 0 Å². The zero-order valence-electron chi connectivity index (χ0n) is 16.2. The predicted octanol–water partition coefficient (Wildman–Crippen LogP) is 3.28. The minimum absolute atomic E-state index is 0. The zero-order chi connectivity index (χ0) is 17.7. The second kappa shape index (κ2) is 9.78. The van der Waals surface area contributed by atoms with E-state index in [0.29, 0.717) is 5.92 Å². The van der Waals surface area contributed by atoms with Crippen molar-refractivity contribution in [1.82, 2.24) is 10.2 Å². The highest BCUT2D eigenvalue weighted by Crippen LogP contribution is 2.51. The third-order valence-electron chi connectivity index (χ3n) is 5.39. The number of halogens is 1. The molecule has 6 heteroatoms. The first-order valence-corrected chi connectivity index (χ1v) is 9.38. The van der Waals surface area contributed by atoms with Gasteiger partial charge in [0.1, 0.15) is 5.75 Å². The number of aliphatic imine (C=N–C) groups is 1. The summed E-state index contributed by atoms with van der Waals surface area (Å²) in [7, 11) is 3.54. The van der Waals surface area contributed by atoms with Crippen molar-refractivity contribution in [3.8, 4) is 5.75 Å². The van der Waals surface area contributed by atoms with Gasteiger partial charge in [-0.1, -0.05) is 18.2 Å². The van der Waals surface area contributed by atoms with Gasteiger partial charge in [0.15, 0.2) is 5.96 Å². The molecule has 5 nitrogen and oxygen atoms in total. The number of nitrogens with zero attached hydrogens (tertiary/aromatic N) is 2. The van der Waals surface area contributed by atoms with Crippen LogP contribution in [0.3, 0.4) is 0 Å². The van der Waals surface area contributed by atoms with Crippen LogP contribution in [0.4, 0.5) is 0 Å². The molecule has 1 aliphatic heterocycles. The van der Waals surface area contributed by atoms with Crippen molar-refractivity contribution in [3.63, 3.8) is 0 Å². The smallest absolute Gasteiger partial charge is 0.193 e. The average Bonchev–Trinajstić information content (AvgIpc) is 3.29. The van der Waals surface area contributed by atoms with Crippen molar-refractivity contribution in [2.75, 3.05) is 47.0 Å². The van der Waals surface area contributed by atoms with E-state index in [1.54, 1.807) is 14.2 Å². The van der Waals surface area contributed by atoms with Crippen molar-refractivity contribution in [1.29, 1.82) is 0 Å². The third-order valence-corrected chi connectivity index (χ3v) is 5.39. The van der Waals surface area contributed by atoms with Gasteiger partial charge in [0.05, 0.1) is 20.3 Å². The van der Waals surface area contributed by atoms with Crippen LogP contribution in [-0.4, -0.2) is 57.9 Å². The molecule has 2 fully saturated rings. The Kier molecular flexibility index (Phi) is 8.01. The summed E-state index contributed by atoms with van der Waals surface area (Å²) >= 11 is 0. The van der Waals surface area contributed by atoms with Crippen LogP contribution in [0.5, 0.6) is 5.75 Å². The molecule has 1 saturated heterocycles. The van der Waals surface area contributed by atoms with Crippen molar-refractivity contribution in [3.05, 3.63) is 29.8 Å². The lowest BCUT2D eigenvalue weighted by atomic mass is 9.95. The Morgan fingerprint density at radius 1 is 1.31 bits per heavy atom. The monoisotopic (exact) mass is 473 g/mol. The molecule has 1 atom stereocenters. The number of likely N-dealkylation sites (tertiary alicyclic amines) is 1. The fraction of sp³-hybridized carbons (Fsp3) is 0.650. The Labute approximate surface area is 174 Å². The van der Waals surface area contributed by atoms with Gasteiger partial charge >= 0.3 is 0 Å². The van der Waals surface area contributed by atoms with Gasteiger partial charge in [-0.05, 0) is 32.3 Å². The molecule has 1 unspecified atom stereocenters. The largest absolute Gasteiger partial charge is 0.496 e. The van der Waals surface area contributed by atoms with Crippen LogP contribution >= 0.6 is 24.0 Å². The van der Waals surface area contributed by atoms with Crippen molar-refractivity contribution < 1.29 is 9.47 Å². The van der Waals surface area contributed by atoms with E-state index >= 15 is 0 Å². The normalized spacial score (nSPS) is 21.3.